The lowest BCUT2D eigenvalue weighted by Gasteiger charge is -2.29. The summed E-state index contributed by atoms with van der Waals surface area (Å²) in [7, 11) is 1.53. The first kappa shape index (κ1) is 23.6. The molecule has 1 fully saturated rings. The fourth-order valence-electron chi connectivity index (χ4n) is 3.30. The van der Waals surface area contributed by atoms with Gasteiger partial charge in [0.2, 0.25) is 11.6 Å². The van der Waals surface area contributed by atoms with E-state index in [-0.39, 0.29) is 40.6 Å². The molecule has 0 atom stereocenters. The predicted octanol–water partition coefficient (Wildman–Crippen LogP) is 4.21. The molecule has 10 heteroatoms. The number of carbonyl (C=O) groups is 2. The van der Waals surface area contributed by atoms with Crippen LogP contribution in [0.5, 0.6) is 0 Å². The number of rotatable bonds is 6. The van der Waals surface area contributed by atoms with Crippen molar-refractivity contribution in [3.63, 3.8) is 0 Å². The maximum atomic E-state index is 14.9. The number of nitrogens with zero attached hydrogens (tertiary/aromatic N) is 3. The molecule has 1 saturated heterocycles. The highest BCUT2D eigenvalue weighted by molar-refractivity contribution is 7.81. The van der Waals surface area contributed by atoms with Gasteiger partial charge in [0.15, 0.2) is 10.9 Å². The van der Waals surface area contributed by atoms with Gasteiger partial charge in [-0.3, -0.25) is 14.5 Å². The Morgan fingerprint density at radius 1 is 1.28 bits per heavy atom. The number of amides is 2. The van der Waals surface area contributed by atoms with E-state index < -0.39 is 17.3 Å². The summed E-state index contributed by atoms with van der Waals surface area (Å²) in [6, 6.07) is 9.82. The molecule has 1 aliphatic rings. The topological polar surface area (TPSA) is 66.2 Å². The Kier molecular flexibility index (Phi) is 6.79. The van der Waals surface area contributed by atoms with Gasteiger partial charge in [0.25, 0.3) is 5.91 Å². The van der Waals surface area contributed by atoms with Crippen LogP contribution in [0.1, 0.15) is 19.4 Å². The monoisotopic (exact) mass is 474 g/mol. The fourth-order valence-corrected chi connectivity index (χ4v) is 4.02. The number of halogens is 2. The van der Waals surface area contributed by atoms with E-state index in [1.54, 1.807) is 43.0 Å². The van der Waals surface area contributed by atoms with E-state index in [0.717, 1.165) is 10.5 Å². The molecular weight excluding hydrogens is 455 g/mol. The summed E-state index contributed by atoms with van der Waals surface area (Å²) in [5, 5.41) is 2.21. The molecule has 1 aliphatic heterocycles. The van der Waals surface area contributed by atoms with Crippen molar-refractivity contribution in [1.29, 1.82) is 0 Å². The molecule has 0 spiro atoms. The van der Waals surface area contributed by atoms with E-state index in [2.05, 4.69) is 10.2 Å². The summed E-state index contributed by atoms with van der Waals surface area (Å²) in [4.78, 5) is 30.4. The summed E-state index contributed by atoms with van der Waals surface area (Å²) >= 11 is 11.5. The van der Waals surface area contributed by atoms with Crippen LogP contribution in [-0.2, 0) is 20.9 Å². The van der Waals surface area contributed by atoms with Crippen molar-refractivity contribution < 1.29 is 18.7 Å². The first-order valence-electron chi connectivity index (χ1n) is 9.55. The molecule has 0 radical (unpaired) electrons. The van der Waals surface area contributed by atoms with Crippen molar-refractivity contribution in [2.75, 3.05) is 23.5 Å². The van der Waals surface area contributed by atoms with Crippen molar-refractivity contribution in [2.45, 2.75) is 26.0 Å². The molecule has 2 aromatic carbocycles. The maximum absolute atomic E-state index is 14.9. The first-order chi connectivity index (χ1) is 15.1. The third kappa shape index (κ3) is 4.17. The van der Waals surface area contributed by atoms with Crippen LogP contribution in [0.15, 0.2) is 36.4 Å². The minimum atomic E-state index is -1.09. The van der Waals surface area contributed by atoms with E-state index >= 15 is 0 Å². The maximum Gasteiger partial charge on any atom is 0.259 e. The Morgan fingerprint density at radius 2 is 1.94 bits per heavy atom. The second kappa shape index (κ2) is 9.20. The Bertz CT molecular complexity index is 1130. The SMILES string of the molecule is [C-]#[N+]c1ccc(N2C(=O)C(C)(C)N(c3ccc(COCC(=O)NC)cc3)C2=S)c(F)c1Cl. The van der Waals surface area contributed by atoms with Gasteiger partial charge in [-0.15, -0.1) is 0 Å². The van der Waals surface area contributed by atoms with Gasteiger partial charge in [-0.1, -0.05) is 29.8 Å². The van der Waals surface area contributed by atoms with E-state index in [0.29, 0.717) is 5.69 Å². The molecule has 2 aromatic rings. The summed E-state index contributed by atoms with van der Waals surface area (Å²) in [6.07, 6.45) is 0. The molecule has 1 N–H and O–H groups in total. The lowest BCUT2D eigenvalue weighted by Crippen LogP contribution is -2.44. The minimum Gasteiger partial charge on any atom is -0.367 e. The van der Waals surface area contributed by atoms with E-state index in [4.69, 9.17) is 35.1 Å². The minimum absolute atomic E-state index is 0.0455. The molecule has 0 aromatic heterocycles. The molecule has 32 heavy (non-hydrogen) atoms. The lowest BCUT2D eigenvalue weighted by molar-refractivity contribution is -0.125. The normalized spacial score (nSPS) is 15.1. The summed E-state index contributed by atoms with van der Waals surface area (Å²) in [6.45, 7) is 10.6. The van der Waals surface area contributed by atoms with Crippen LogP contribution in [0.4, 0.5) is 21.5 Å². The molecule has 0 aliphatic carbocycles. The van der Waals surface area contributed by atoms with Gasteiger partial charge in [0.1, 0.15) is 12.1 Å². The number of benzene rings is 2. The zero-order valence-electron chi connectivity index (χ0n) is 17.6. The molecule has 0 saturated carbocycles. The van der Waals surface area contributed by atoms with Crippen LogP contribution in [0, 0.1) is 12.4 Å². The van der Waals surface area contributed by atoms with Crippen molar-refractivity contribution in [3.05, 3.63) is 64.2 Å². The zero-order valence-corrected chi connectivity index (χ0v) is 19.2. The average molecular weight is 475 g/mol. The smallest absolute Gasteiger partial charge is 0.259 e. The third-order valence-corrected chi connectivity index (χ3v) is 5.77. The van der Waals surface area contributed by atoms with Crippen LogP contribution >= 0.6 is 23.8 Å². The van der Waals surface area contributed by atoms with Gasteiger partial charge in [0, 0.05) is 12.7 Å². The molecule has 0 bridgehead atoms. The van der Waals surface area contributed by atoms with Crippen molar-refractivity contribution in [1.82, 2.24) is 5.32 Å². The molecule has 1 heterocycles. The lowest BCUT2D eigenvalue weighted by atomic mass is 10.0. The van der Waals surface area contributed by atoms with Gasteiger partial charge >= 0.3 is 0 Å². The van der Waals surface area contributed by atoms with Gasteiger partial charge in [-0.25, -0.2) is 9.24 Å². The molecule has 3 rings (SSSR count). The van der Waals surface area contributed by atoms with Crippen LogP contribution in [0.3, 0.4) is 0 Å². The Labute approximate surface area is 195 Å². The number of likely N-dealkylation sites (N-methyl/N-ethyl adjacent to an activating group) is 1. The van der Waals surface area contributed by atoms with Gasteiger partial charge in [-0.2, -0.15) is 0 Å². The number of ether oxygens (including phenoxy) is 1. The number of carbonyl (C=O) groups excluding carboxylic acids is 2. The Balaban J connectivity index is 1.88. The van der Waals surface area contributed by atoms with Crippen molar-refractivity contribution in [3.8, 4) is 0 Å². The molecule has 2 amide bonds. The summed E-state index contributed by atoms with van der Waals surface area (Å²) < 4.78 is 20.2. The molecular formula is C22H20ClFN4O3S. The zero-order chi connectivity index (χ0) is 23.6. The van der Waals surface area contributed by atoms with Gasteiger partial charge < -0.3 is 15.0 Å². The standard InChI is InChI=1S/C22H20ClFN4O3S/c1-22(2)20(30)27(16-10-9-15(25-3)18(23)19(16)24)21(32)28(22)14-7-5-13(6-8-14)11-31-12-17(29)26-4/h5-10H,11-12H2,1-2,4H3,(H,26,29). The number of nitrogens with one attached hydrogen (secondary N) is 1. The van der Waals surface area contributed by atoms with Crippen molar-refractivity contribution in [2.24, 2.45) is 0 Å². The number of thiocarbonyl (C=S) groups is 1. The van der Waals surface area contributed by atoms with Gasteiger partial charge in [0.05, 0.1) is 23.9 Å². The number of hydrogen-bond acceptors (Lipinski definition) is 4. The second-order valence-corrected chi connectivity index (χ2v) is 8.24. The van der Waals surface area contributed by atoms with E-state index in [1.807, 2.05) is 0 Å². The van der Waals surface area contributed by atoms with Crippen LogP contribution in [0.2, 0.25) is 5.02 Å². The van der Waals surface area contributed by atoms with Crippen LogP contribution in [0.25, 0.3) is 4.85 Å². The quantitative estimate of drug-likeness (QED) is 0.502. The third-order valence-electron chi connectivity index (χ3n) is 5.05. The van der Waals surface area contributed by atoms with Crippen LogP contribution in [-0.4, -0.2) is 36.1 Å². The summed E-state index contributed by atoms with van der Waals surface area (Å²) in [5.74, 6) is -1.52. The number of hydrogen-bond donors (Lipinski definition) is 1. The highest BCUT2D eigenvalue weighted by Crippen LogP contribution is 2.40. The van der Waals surface area contributed by atoms with Crippen molar-refractivity contribution >= 4 is 57.8 Å². The average Bonchev–Trinajstić information content (AvgIpc) is 2.94. The van der Waals surface area contributed by atoms with E-state index in [9.17, 15) is 14.0 Å². The summed E-state index contributed by atoms with van der Waals surface area (Å²) in [5.41, 5.74) is 0.223. The Hall–Kier alpha value is -3.06. The molecule has 0 unspecified atom stereocenters. The van der Waals surface area contributed by atoms with E-state index in [1.165, 1.54) is 19.2 Å². The predicted molar refractivity (Wildman–Crippen MR) is 124 cm³/mol. The Morgan fingerprint density at radius 3 is 2.53 bits per heavy atom. The molecule has 7 nitrogen and oxygen atoms in total. The largest absolute Gasteiger partial charge is 0.367 e. The highest BCUT2D eigenvalue weighted by atomic mass is 35.5. The van der Waals surface area contributed by atoms with Crippen LogP contribution < -0.4 is 15.1 Å². The fraction of sp³-hybridized carbons (Fsp3) is 0.273. The molecule has 166 valence electrons. The first-order valence-corrected chi connectivity index (χ1v) is 10.3. The second-order valence-electron chi connectivity index (χ2n) is 7.49. The van der Waals surface area contributed by atoms with Gasteiger partial charge in [-0.05, 0) is 49.8 Å². The highest BCUT2D eigenvalue weighted by Gasteiger charge is 2.51. The number of anilines is 2.